The van der Waals surface area contributed by atoms with Gasteiger partial charge in [-0.2, -0.15) is 0 Å². The maximum absolute atomic E-state index is 13.4. The number of benzene rings is 2. The SMILES string of the molecule is CC(C)c1ccc(S(=O)(=O)C(CNC(=O)COc2ccc(Cl)cc2)c2cccnc2)cc1. The highest BCUT2D eigenvalue weighted by Gasteiger charge is 2.30. The van der Waals surface area contributed by atoms with E-state index in [9.17, 15) is 13.2 Å². The molecule has 8 heteroatoms. The van der Waals surface area contributed by atoms with E-state index in [4.69, 9.17) is 16.3 Å². The van der Waals surface area contributed by atoms with Crippen molar-refractivity contribution >= 4 is 27.3 Å². The molecule has 0 bridgehead atoms. The fourth-order valence-corrected chi connectivity index (χ4v) is 4.89. The first-order valence-electron chi connectivity index (χ1n) is 10.2. The molecule has 1 atom stereocenters. The number of nitrogens with zero attached hydrogens (tertiary/aromatic N) is 1. The third-order valence-corrected chi connectivity index (χ3v) is 7.34. The monoisotopic (exact) mass is 472 g/mol. The molecule has 3 aromatic rings. The fraction of sp³-hybridized carbons (Fsp3) is 0.250. The van der Waals surface area contributed by atoms with Crippen LogP contribution in [-0.4, -0.2) is 32.5 Å². The number of halogens is 1. The minimum absolute atomic E-state index is 0.108. The van der Waals surface area contributed by atoms with Gasteiger partial charge in [0, 0.05) is 24.0 Å². The molecule has 0 spiro atoms. The Morgan fingerprint density at radius 3 is 2.31 bits per heavy atom. The van der Waals surface area contributed by atoms with Gasteiger partial charge in [-0.15, -0.1) is 0 Å². The van der Waals surface area contributed by atoms with Crippen LogP contribution in [0.25, 0.3) is 0 Å². The number of sulfone groups is 1. The third-order valence-electron chi connectivity index (χ3n) is 4.97. The Bertz CT molecular complexity index is 1130. The lowest BCUT2D eigenvalue weighted by Gasteiger charge is -2.19. The molecular weight excluding hydrogens is 448 g/mol. The second-order valence-electron chi connectivity index (χ2n) is 7.59. The fourth-order valence-electron chi connectivity index (χ4n) is 3.12. The summed E-state index contributed by atoms with van der Waals surface area (Å²) < 4.78 is 32.3. The molecule has 2 aromatic carbocycles. The zero-order valence-electron chi connectivity index (χ0n) is 17.9. The minimum Gasteiger partial charge on any atom is -0.484 e. The summed E-state index contributed by atoms with van der Waals surface area (Å²) in [4.78, 5) is 16.6. The molecule has 1 N–H and O–H groups in total. The Labute approximate surface area is 193 Å². The summed E-state index contributed by atoms with van der Waals surface area (Å²) in [6.07, 6.45) is 3.07. The summed E-state index contributed by atoms with van der Waals surface area (Å²) >= 11 is 5.84. The summed E-state index contributed by atoms with van der Waals surface area (Å²) in [6, 6.07) is 16.8. The van der Waals surface area contributed by atoms with Crippen molar-refractivity contribution in [3.63, 3.8) is 0 Å². The Hall–Kier alpha value is -2.90. The first-order valence-corrected chi connectivity index (χ1v) is 12.1. The number of nitrogens with one attached hydrogen (secondary N) is 1. The molecule has 3 rings (SSSR count). The van der Waals surface area contributed by atoms with E-state index >= 15 is 0 Å². The summed E-state index contributed by atoms with van der Waals surface area (Å²) in [5.74, 6) is 0.353. The zero-order valence-corrected chi connectivity index (χ0v) is 19.4. The summed E-state index contributed by atoms with van der Waals surface area (Å²) in [5, 5.41) is 2.25. The average molecular weight is 473 g/mol. The van der Waals surface area contributed by atoms with E-state index < -0.39 is 21.0 Å². The van der Waals surface area contributed by atoms with Crippen LogP contribution >= 0.6 is 11.6 Å². The molecule has 0 aliphatic heterocycles. The van der Waals surface area contributed by atoms with Crippen LogP contribution in [0.3, 0.4) is 0 Å². The summed E-state index contributed by atoms with van der Waals surface area (Å²) in [6.45, 7) is 3.74. The van der Waals surface area contributed by atoms with Gasteiger partial charge in [-0.25, -0.2) is 8.42 Å². The Kier molecular flexibility index (Phi) is 7.88. The topological polar surface area (TPSA) is 85.4 Å². The Morgan fingerprint density at radius 2 is 1.72 bits per heavy atom. The quantitative estimate of drug-likeness (QED) is 0.493. The van der Waals surface area contributed by atoms with Crippen LogP contribution < -0.4 is 10.1 Å². The Balaban J connectivity index is 1.74. The molecule has 32 heavy (non-hydrogen) atoms. The van der Waals surface area contributed by atoms with E-state index in [1.54, 1.807) is 54.7 Å². The largest absolute Gasteiger partial charge is 0.484 e. The number of carbonyl (C=O) groups excluding carboxylic acids is 1. The highest BCUT2D eigenvalue weighted by Crippen LogP contribution is 2.29. The molecule has 0 aliphatic rings. The molecule has 1 amide bonds. The second kappa shape index (κ2) is 10.6. The van der Waals surface area contributed by atoms with Crippen molar-refractivity contribution in [1.82, 2.24) is 10.3 Å². The van der Waals surface area contributed by atoms with Crippen LogP contribution in [0.2, 0.25) is 5.02 Å². The molecule has 1 aromatic heterocycles. The first-order chi connectivity index (χ1) is 15.3. The van der Waals surface area contributed by atoms with Gasteiger partial charge in [0.25, 0.3) is 5.91 Å². The number of hydrogen-bond acceptors (Lipinski definition) is 5. The van der Waals surface area contributed by atoms with Crippen LogP contribution in [0.1, 0.15) is 36.1 Å². The van der Waals surface area contributed by atoms with Gasteiger partial charge < -0.3 is 10.1 Å². The van der Waals surface area contributed by atoms with E-state index in [-0.39, 0.29) is 18.0 Å². The van der Waals surface area contributed by atoms with Gasteiger partial charge in [-0.1, -0.05) is 43.6 Å². The van der Waals surface area contributed by atoms with Gasteiger partial charge >= 0.3 is 0 Å². The van der Waals surface area contributed by atoms with E-state index in [0.717, 1.165) is 5.56 Å². The van der Waals surface area contributed by atoms with Crippen molar-refractivity contribution in [2.24, 2.45) is 0 Å². The standard InChI is InChI=1S/C24H25ClN2O4S/c1-17(2)18-5-11-22(12-6-18)32(29,30)23(19-4-3-13-26-14-19)15-27-24(28)16-31-21-9-7-20(25)8-10-21/h3-14,17,23H,15-16H2,1-2H3,(H,27,28). The highest BCUT2D eigenvalue weighted by atomic mass is 35.5. The van der Waals surface area contributed by atoms with E-state index in [2.05, 4.69) is 10.3 Å². The number of hydrogen-bond donors (Lipinski definition) is 1. The third kappa shape index (κ3) is 6.08. The molecule has 1 heterocycles. The molecule has 0 saturated heterocycles. The van der Waals surface area contributed by atoms with Crippen molar-refractivity contribution in [1.29, 1.82) is 0 Å². The highest BCUT2D eigenvalue weighted by molar-refractivity contribution is 7.91. The normalized spacial score (nSPS) is 12.4. The van der Waals surface area contributed by atoms with Crippen LogP contribution in [0, 0.1) is 0 Å². The predicted molar refractivity (Wildman–Crippen MR) is 125 cm³/mol. The van der Waals surface area contributed by atoms with Gasteiger partial charge in [-0.3, -0.25) is 9.78 Å². The minimum atomic E-state index is -3.77. The van der Waals surface area contributed by atoms with Crippen LogP contribution in [0.4, 0.5) is 0 Å². The zero-order chi connectivity index (χ0) is 23.1. The van der Waals surface area contributed by atoms with Crippen molar-refractivity contribution in [2.45, 2.75) is 29.9 Å². The van der Waals surface area contributed by atoms with Gasteiger partial charge in [0.1, 0.15) is 11.0 Å². The lowest BCUT2D eigenvalue weighted by atomic mass is 10.0. The van der Waals surface area contributed by atoms with Crippen molar-refractivity contribution in [2.75, 3.05) is 13.2 Å². The van der Waals surface area contributed by atoms with E-state index in [1.165, 1.54) is 6.20 Å². The van der Waals surface area contributed by atoms with Crippen LogP contribution in [0.15, 0.2) is 78.0 Å². The van der Waals surface area contributed by atoms with Crippen LogP contribution in [0.5, 0.6) is 5.75 Å². The van der Waals surface area contributed by atoms with E-state index in [1.807, 2.05) is 26.0 Å². The number of amides is 1. The maximum Gasteiger partial charge on any atom is 0.257 e. The molecule has 6 nitrogen and oxygen atoms in total. The van der Waals surface area contributed by atoms with Crippen LogP contribution in [-0.2, 0) is 14.6 Å². The molecular formula is C24H25ClN2O4S. The smallest absolute Gasteiger partial charge is 0.257 e. The first kappa shape index (κ1) is 23.8. The lowest BCUT2D eigenvalue weighted by Crippen LogP contribution is -2.35. The van der Waals surface area contributed by atoms with Gasteiger partial charge in [0.05, 0.1) is 4.90 Å². The van der Waals surface area contributed by atoms with Crippen molar-refractivity contribution in [3.8, 4) is 5.75 Å². The number of aromatic nitrogens is 1. The predicted octanol–water partition coefficient (Wildman–Crippen LogP) is 4.57. The second-order valence-corrected chi connectivity index (χ2v) is 10.2. The molecule has 0 radical (unpaired) electrons. The van der Waals surface area contributed by atoms with Gasteiger partial charge in [-0.05, 0) is 59.5 Å². The molecule has 0 saturated carbocycles. The molecule has 1 unspecified atom stereocenters. The van der Waals surface area contributed by atoms with Crippen molar-refractivity contribution < 1.29 is 17.9 Å². The van der Waals surface area contributed by atoms with Crippen molar-refractivity contribution in [3.05, 3.63) is 89.2 Å². The number of rotatable bonds is 9. The van der Waals surface area contributed by atoms with Gasteiger partial charge in [0.2, 0.25) is 0 Å². The molecule has 0 fully saturated rings. The summed E-state index contributed by atoms with van der Waals surface area (Å²) in [5.41, 5.74) is 1.55. The number of pyridine rings is 1. The molecule has 168 valence electrons. The summed E-state index contributed by atoms with van der Waals surface area (Å²) in [7, 11) is -3.77. The molecule has 0 aliphatic carbocycles. The maximum atomic E-state index is 13.4. The average Bonchev–Trinajstić information content (AvgIpc) is 2.79. The Morgan fingerprint density at radius 1 is 1.03 bits per heavy atom. The number of carbonyl (C=O) groups is 1. The van der Waals surface area contributed by atoms with E-state index in [0.29, 0.717) is 22.3 Å². The lowest BCUT2D eigenvalue weighted by molar-refractivity contribution is -0.123. The number of ether oxygens (including phenoxy) is 1. The van der Waals surface area contributed by atoms with Gasteiger partial charge in [0.15, 0.2) is 16.4 Å².